The quantitative estimate of drug-likeness (QED) is 0.855. The number of carbonyl (C=O) groups excluding carboxylic acids is 1. The topological polar surface area (TPSA) is 31.7 Å². The molecule has 0 radical (unpaired) electrons. The molecule has 5 heteroatoms. The van der Waals surface area contributed by atoms with Crippen LogP contribution in [-0.2, 0) is 17.9 Å². The van der Waals surface area contributed by atoms with Gasteiger partial charge in [-0.3, -0.25) is 4.79 Å². The molecule has 1 fully saturated rings. The van der Waals surface area contributed by atoms with Gasteiger partial charge < -0.3 is 19.3 Å². The normalized spacial score (nSPS) is 20.6. The Morgan fingerprint density at radius 2 is 1.84 bits per heavy atom. The minimum absolute atomic E-state index is 0.0688. The molecule has 1 aromatic carbocycles. The summed E-state index contributed by atoms with van der Waals surface area (Å²) in [6.07, 6.45) is 0. The molecular weight excluding hydrogens is 312 g/mol. The van der Waals surface area contributed by atoms with Crippen LogP contribution in [0.15, 0.2) is 30.3 Å². The van der Waals surface area contributed by atoms with Crippen molar-refractivity contribution in [3.05, 3.63) is 36.0 Å². The fourth-order valence-electron chi connectivity index (χ4n) is 4.15. The Labute approximate surface area is 149 Å². The van der Waals surface area contributed by atoms with Crippen LogP contribution in [0.4, 0.5) is 0 Å². The van der Waals surface area contributed by atoms with E-state index in [1.54, 1.807) is 0 Å². The van der Waals surface area contributed by atoms with Crippen molar-refractivity contribution in [1.82, 2.24) is 19.3 Å². The van der Waals surface area contributed by atoms with Gasteiger partial charge >= 0.3 is 0 Å². The predicted molar refractivity (Wildman–Crippen MR) is 100 cm³/mol. The molecule has 25 heavy (non-hydrogen) atoms. The van der Waals surface area contributed by atoms with Crippen LogP contribution in [0.5, 0.6) is 0 Å². The minimum Gasteiger partial charge on any atom is -0.341 e. The Morgan fingerprint density at radius 1 is 1.08 bits per heavy atom. The smallest absolute Gasteiger partial charge is 0.227 e. The molecule has 2 aliphatic heterocycles. The van der Waals surface area contributed by atoms with Gasteiger partial charge in [-0.2, -0.15) is 0 Å². The first-order valence-electron chi connectivity index (χ1n) is 9.38. The van der Waals surface area contributed by atoms with Crippen molar-refractivity contribution >= 4 is 16.8 Å². The standard InChI is InChI=1S/C20H28N4O/c1-16(14-22-9-7-21(2)8-10-22)20(25)23-11-12-24-18(15-23)13-17-5-3-4-6-19(17)24/h3-6,13,16H,7-12,14-15H2,1-2H3. The van der Waals surface area contributed by atoms with E-state index in [-0.39, 0.29) is 5.92 Å². The Morgan fingerprint density at radius 3 is 2.64 bits per heavy atom. The molecule has 1 aromatic heterocycles. The van der Waals surface area contributed by atoms with Crippen LogP contribution in [0.3, 0.4) is 0 Å². The molecular formula is C20H28N4O. The zero-order chi connectivity index (χ0) is 17.4. The van der Waals surface area contributed by atoms with Gasteiger partial charge in [-0.15, -0.1) is 0 Å². The van der Waals surface area contributed by atoms with E-state index in [2.05, 4.69) is 63.6 Å². The van der Waals surface area contributed by atoms with Crippen LogP contribution in [0.25, 0.3) is 10.9 Å². The van der Waals surface area contributed by atoms with Gasteiger partial charge in [0.05, 0.1) is 6.54 Å². The molecule has 5 nitrogen and oxygen atoms in total. The van der Waals surface area contributed by atoms with Crippen LogP contribution >= 0.6 is 0 Å². The summed E-state index contributed by atoms with van der Waals surface area (Å²) in [6, 6.07) is 10.7. The molecule has 1 saturated heterocycles. The minimum atomic E-state index is 0.0688. The first-order chi connectivity index (χ1) is 12.1. The van der Waals surface area contributed by atoms with Gasteiger partial charge in [0.25, 0.3) is 0 Å². The second kappa shape index (κ2) is 6.81. The largest absolute Gasteiger partial charge is 0.341 e. The highest BCUT2D eigenvalue weighted by Gasteiger charge is 2.27. The molecule has 0 aliphatic carbocycles. The lowest BCUT2D eigenvalue weighted by Crippen LogP contribution is -2.48. The number of hydrogen-bond acceptors (Lipinski definition) is 3. The van der Waals surface area contributed by atoms with Gasteiger partial charge in [-0.1, -0.05) is 25.1 Å². The van der Waals surface area contributed by atoms with E-state index in [0.717, 1.165) is 52.4 Å². The molecule has 0 bridgehead atoms. The number of aromatic nitrogens is 1. The first kappa shape index (κ1) is 16.6. The molecule has 4 rings (SSSR count). The van der Waals surface area contributed by atoms with Gasteiger partial charge in [-0.05, 0) is 24.6 Å². The highest BCUT2D eigenvalue weighted by atomic mass is 16.2. The van der Waals surface area contributed by atoms with Crippen molar-refractivity contribution in [2.24, 2.45) is 5.92 Å². The number of para-hydroxylation sites is 1. The van der Waals surface area contributed by atoms with Crippen molar-refractivity contribution in [2.45, 2.75) is 20.0 Å². The lowest BCUT2D eigenvalue weighted by molar-refractivity contribution is -0.137. The maximum Gasteiger partial charge on any atom is 0.227 e. The summed E-state index contributed by atoms with van der Waals surface area (Å²) in [5.74, 6) is 0.370. The summed E-state index contributed by atoms with van der Waals surface area (Å²) >= 11 is 0. The molecule has 0 N–H and O–H groups in total. The fraction of sp³-hybridized carbons (Fsp3) is 0.550. The summed E-state index contributed by atoms with van der Waals surface area (Å²) in [6.45, 7) is 9.77. The Balaban J connectivity index is 1.41. The number of benzene rings is 1. The molecule has 1 atom stereocenters. The van der Waals surface area contributed by atoms with E-state index < -0.39 is 0 Å². The van der Waals surface area contributed by atoms with Gasteiger partial charge in [-0.25, -0.2) is 0 Å². The summed E-state index contributed by atoms with van der Waals surface area (Å²) < 4.78 is 2.37. The molecule has 0 spiro atoms. The average molecular weight is 340 g/mol. The van der Waals surface area contributed by atoms with Crippen LogP contribution in [-0.4, -0.2) is 71.5 Å². The van der Waals surface area contributed by atoms with Crippen molar-refractivity contribution in [2.75, 3.05) is 46.3 Å². The summed E-state index contributed by atoms with van der Waals surface area (Å²) in [5.41, 5.74) is 2.54. The van der Waals surface area contributed by atoms with E-state index in [9.17, 15) is 4.79 Å². The highest BCUT2D eigenvalue weighted by Crippen LogP contribution is 2.24. The number of likely N-dealkylation sites (N-methyl/N-ethyl adjacent to an activating group) is 1. The van der Waals surface area contributed by atoms with E-state index >= 15 is 0 Å². The third kappa shape index (κ3) is 3.31. The second-order valence-corrected chi connectivity index (χ2v) is 7.61. The molecule has 2 aromatic rings. The Hall–Kier alpha value is -1.85. The van der Waals surface area contributed by atoms with Crippen LogP contribution in [0, 0.1) is 5.92 Å². The summed E-state index contributed by atoms with van der Waals surface area (Å²) in [5, 5.41) is 1.28. The lowest BCUT2D eigenvalue weighted by atomic mass is 10.1. The Kier molecular flexibility index (Phi) is 4.52. The number of amides is 1. The van der Waals surface area contributed by atoms with Crippen molar-refractivity contribution in [1.29, 1.82) is 0 Å². The first-order valence-corrected chi connectivity index (χ1v) is 9.38. The van der Waals surface area contributed by atoms with Crippen molar-refractivity contribution < 1.29 is 4.79 Å². The zero-order valence-electron chi connectivity index (χ0n) is 15.3. The van der Waals surface area contributed by atoms with Gasteiger partial charge in [0, 0.05) is 62.9 Å². The van der Waals surface area contributed by atoms with E-state index in [1.165, 1.54) is 16.6 Å². The predicted octanol–water partition coefficient (Wildman–Crippen LogP) is 1.87. The van der Waals surface area contributed by atoms with Crippen LogP contribution in [0.2, 0.25) is 0 Å². The maximum absolute atomic E-state index is 12.9. The van der Waals surface area contributed by atoms with E-state index in [1.807, 2.05) is 0 Å². The molecule has 2 aliphatic rings. The highest BCUT2D eigenvalue weighted by molar-refractivity contribution is 5.82. The average Bonchev–Trinajstić information content (AvgIpc) is 3.00. The fourth-order valence-corrected chi connectivity index (χ4v) is 4.15. The number of rotatable bonds is 3. The second-order valence-electron chi connectivity index (χ2n) is 7.61. The third-order valence-corrected chi connectivity index (χ3v) is 5.70. The molecule has 3 heterocycles. The maximum atomic E-state index is 12.9. The number of piperazine rings is 1. The molecule has 134 valence electrons. The van der Waals surface area contributed by atoms with Crippen molar-refractivity contribution in [3.8, 4) is 0 Å². The van der Waals surface area contributed by atoms with Crippen LogP contribution in [0.1, 0.15) is 12.6 Å². The van der Waals surface area contributed by atoms with E-state index in [4.69, 9.17) is 0 Å². The number of hydrogen-bond donors (Lipinski definition) is 0. The number of carbonyl (C=O) groups is 1. The molecule has 1 unspecified atom stereocenters. The number of fused-ring (bicyclic) bond motifs is 3. The monoisotopic (exact) mass is 340 g/mol. The van der Waals surface area contributed by atoms with Gasteiger partial charge in [0.1, 0.15) is 0 Å². The number of nitrogens with zero attached hydrogens (tertiary/aromatic N) is 4. The lowest BCUT2D eigenvalue weighted by Gasteiger charge is -2.36. The van der Waals surface area contributed by atoms with Gasteiger partial charge in [0.2, 0.25) is 5.91 Å². The molecule has 1 amide bonds. The third-order valence-electron chi connectivity index (χ3n) is 5.70. The summed E-state index contributed by atoms with van der Waals surface area (Å²) in [4.78, 5) is 19.8. The summed E-state index contributed by atoms with van der Waals surface area (Å²) in [7, 11) is 2.17. The van der Waals surface area contributed by atoms with Crippen molar-refractivity contribution in [3.63, 3.8) is 0 Å². The van der Waals surface area contributed by atoms with Crippen LogP contribution < -0.4 is 0 Å². The Bertz CT molecular complexity index is 760. The van der Waals surface area contributed by atoms with E-state index in [0.29, 0.717) is 5.91 Å². The molecule has 0 saturated carbocycles. The SMILES string of the molecule is CC(CN1CCN(C)CC1)C(=O)N1CCn2c(cc3ccccc32)C1. The zero-order valence-corrected chi connectivity index (χ0v) is 15.3. The van der Waals surface area contributed by atoms with Gasteiger partial charge in [0.15, 0.2) is 0 Å².